The fourth-order valence-corrected chi connectivity index (χ4v) is 4.46. The molecule has 9 heteroatoms. The molecule has 9 nitrogen and oxygen atoms in total. The summed E-state index contributed by atoms with van der Waals surface area (Å²) in [6.07, 6.45) is 7.10. The van der Waals surface area contributed by atoms with E-state index in [4.69, 9.17) is 0 Å². The van der Waals surface area contributed by atoms with Gasteiger partial charge >= 0.3 is 0 Å². The number of hydrogen-bond donors (Lipinski definition) is 1. The standard InChI is InChI=1S/C32H25N7O2/c40-31(25-5-13-29(14-6-25)38-19-33-34-20-38)17-23-1-9-27(10-2-23)37-28-11-3-24(4-12-28)18-32(41)26-7-15-30(16-8-26)39-21-35-36-22-39/h1-16,19-22,37H,17-18H2. The minimum Gasteiger partial charge on any atom is -0.356 e. The summed E-state index contributed by atoms with van der Waals surface area (Å²) in [5.41, 5.74) is 6.82. The molecule has 0 saturated carbocycles. The first-order valence-corrected chi connectivity index (χ1v) is 13.0. The summed E-state index contributed by atoms with van der Waals surface area (Å²) in [5, 5.41) is 18.6. The molecule has 6 aromatic rings. The normalized spacial score (nSPS) is 10.8. The highest BCUT2D eigenvalue weighted by Gasteiger charge is 2.10. The number of hydrogen-bond acceptors (Lipinski definition) is 7. The third-order valence-corrected chi connectivity index (χ3v) is 6.74. The second kappa shape index (κ2) is 11.6. The van der Waals surface area contributed by atoms with Gasteiger partial charge < -0.3 is 5.32 Å². The summed E-state index contributed by atoms with van der Waals surface area (Å²) in [6, 6.07) is 30.4. The molecule has 2 aromatic heterocycles. The molecule has 0 saturated heterocycles. The third-order valence-electron chi connectivity index (χ3n) is 6.74. The Morgan fingerprint density at radius 2 is 0.829 bits per heavy atom. The van der Waals surface area contributed by atoms with Crippen molar-refractivity contribution in [3.05, 3.63) is 145 Å². The molecular weight excluding hydrogens is 514 g/mol. The van der Waals surface area contributed by atoms with E-state index in [9.17, 15) is 9.59 Å². The largest absolute Gasteiger partial charge is 0.356 e. The fourth-order valence-electron chi connectivity index (χ4n) is 4.46. The number of ketones is 2. The molecule has 0 unspecified atom stereocenters. The van der Waals surface area contributed by atoms with Crippen LogP contribution in [0.5, 0.6) is 0 Å². The van der Waals surface area contributed by atoms with Gasteiger partial charge in [0.15, 0.2) is 11.6 Å². The molecule has 2 heterocycles. The predicted molar refractivity (Wildman–Crippen MR) is 155 cm³/mol. The number of aromatic nitrogens is 6. The van der Waals surface area contributed by atoms with Gasteiger partial charge in [-0.1, -0.05) is 24.3 Å². The Balaban J connectivity index is 1.02. The molecule has 0 aliphatic carbocycles. The maximum Gasteiger partial charge on any atom is 0.167 e. The number of carbonyl (C=O) groups excluding carboxylic acids is 2. The van der Waals surface area contributed by atoms with Gasteiger partial charge in [0.1, 0.15) is 25.3 Å². The van der Waals surface area contributed by atoms with Crippen LogP contribution < -0.4 is 5.32 Å². The van der Waals surface area contributed by atoms with Crippen molar-refractivity contribution < 1.29 is 9.59 Å². The molecule has 0 spiro atoms. The van der Waals surface area contributed by atoms with Crippen molar-refractivity contribution in [3.8, 4) is 11.4 Å². The zero-order chi connectivity index (χ0) is 28.0. The molecule has 0 radical (unpaired) electrons. The minimum absolute atomic E-state index is 0.0533. The van der Waals surface area contributed by atoms with Gasteiger partial charge in [0.05, 0.1) is 0 Å². The number of nitrogens with one attached hydrogen (secondary N) is 1. The molecule has 0 bridgehead atoms. The Labute approximate surface area is 236 Å². The van der Waals surface area contributed by atoms with E-state index in [1.807, 2.05) is 97.1 Å². The van der Waals surface area contributed by atoms with Crippen molar-refractivity contribution in [1.29, 1.82) is 0 Å². The zero-order valence-corrected chi connectivity index (χ0v) is 22.0. The lowest BCUT2D eigenvalue weighted by molar-refractivity contribution is 0.0985. The average molecular weight is 540 g/mol. The summed E-state index contributed by atoms with van der Waals surface area (Å²) < 4.78 is 3.57. The first-order valence-electron chi connectivity index (χ1n) is 13.0. The van der Waals surface area contributed by atoms with Gasteiger partial charge in [0, 0.05) is 46.7 Å². The molecule has 4 aromatic carbocycles. The van der Waals surface area contributed by atoms with Crippen molar-refractivity contribution in [2.24, 2.45) is 0 Å². The molecule has 6 rings (SSSR count). The van der Waals surface area contributed by atoms with Gasteiger partial charge in [0.2, 0.25) is 0 Å². The lowest BCUT2D eigenvalue weighted by Gasteiger charge is -2.09. The summed E-state index contributed by atoms with van der Waals surface area (Å²) in [4.78, 5) is 25.5. The highest BCUT2D eigenvalue weighted by atomic mass is 16.1. The lowest BCUT2D eigenvalue weighted by atomic mass is 10.0. The predicted octanol–water partition coefficient (Wildman–Crippen LogP) is 5.44. The van der Waals surface area contributed by atoms with Crippen LogP contribution in [0.1, 0.15) is 31.8 Å². The second-order valence-electron chi connectivity index (χ2n) is 9.55. The van der Waals surface area contributed by atoms with E-state index in [0.717, 1.165) is 33.9 Å². The molecular formula is C32H25N7O2. The van der Waals surface area contributed by atoms with Crippen molar-refractivity contribution >= 4 is 22.9 Å². The van der Waals surface area contributed by atoms with Crippen LogP contribution in [-0.2, 0) is 12.8 Å². The van der Waals surface area contributed by atoms with Crippen LogP contribution in [0, 0.1) is 0 Å². The number of carbonyl (C=O) groups is 2. The van der Waals surface area contributed by atoms with E-state index >= 15 is 0 Å². The number of Topliss-reactive ketones (excluding diaryl/α,β-unsaturated/α-hetero) is 2. The highest BCUT2D eigenvalue weighted by Crippen LogP contribution is 2.20. The van der Waals surface area contributed by atoms with Crippen LogP contribution in [0.2, 0.25) is 0 Å². The fraction of sp³-hybridized carbons (Fsp3) is 0.0625. The van der Waals surface area contributed by atoms with E-state index in [0.29, 0.717) is 24.0 Å². The number of nitrogens with zero attached hydrogens (tertiary/aromatic N) is 6. The van der Waals surface area contributed by atoms with Gasteiger partial charge in [-0.05, 0) is 83.9 Å². The molecule has 41 heavy (non-hydrogen) atoms. The third kappa shape index (κ3) is 6.15. The molecule has 0 aliphatic heterocycles. The van der Waals surface area contributed by atoms with Crippen LogP contribution in [0.3, 0.4) is 0 Å². The van der Waals surface area contributed by atoms with E-state index in [-0.39, 0.29) is 11.6 Å². The summed E-state index contributed by atoms with van der Waals surface area (Å²) >= 11 is 0. The van der Waals surface area contributed by atoms with E-state index in [2.05, 4.69) is 25.7 Å². The van der Waals surface area contributed by atoms with Crippen LogP contribution in [-0.4, -0.2) is 41.1 Å². The Morgan fingerprint density at radius 1 is 0.488 bits per heavy atom. The van der Waals surface area contributed by atoms with Crippen molar-refractivity contribution in [2.45, 2.75) is 12.8 Å². The average Bonchev–Trinajstić information content (AvgIpc) is 3.75. The topological polar surface area (TPSA) is 108 Å². The Kier molecular flexibility index (Phi) is 7.23. The van der Waals surface area contributed by atoms with Crippen molar-refractivity contribution in [2.75, 3.05) is 5.32 Å². The number of anilines is 2. The van der Waals surface area contributed by atoms with Crippen LogP contribution >= 0.6 is 0 Å². The number of rotatable bonds is 10. The van der Waals surface area contributed by atoms with Crippen molar-refractivity contribution in [1.82, 2.24) is 29.5 Å². The van der Waals surface area contributed by atoms with Crippen LogP contribution in [0.4, 0.5) is 11.4 Å². The maximum atomic E-state index is 12.8. The number of benzene rings is 4. The molecule has 0 fully saturated rings. The maximum absolute atomic E-state index is 12.8. The van der Waals surface area contributed by atoms with Gasteiger partial charge in [-0.15, -0.1) is 20.4 Å². The Morgan fingerprint density at radius 3 is 1.17 bits per heavy atom. The summed E-state index contributed by atoms with van der Waals surface area (Å²) in [6.45, 7) is 0. The quantitative estimate of drug-likeness (QED) is 0.231. The van der Waals surface area contributed by atoms with Gasteiger partial charge in [0.25, 0.3) is 0 Å². The van der Waals surface area contributed by atoms with Gasteiger partial charge in [-0.25, -0.2) is 0 Å². The highest BCUT2D eigenvalue weighted by molar-refractivity contribution is 5.98. The second-order valence-corrected chi connectivity index (χ2v) is 9.55. The lowest BCUT2D eigenvalue weighted by Crippen LogP contribution is -2.04. The van der Waals surface area contributed by atoms with E-state index in [1.54, 1.807) is 34.4 Å². The first-order chi connectivity index (χ1) is 20.1. The smallest absolute Gasteiger partial charge is 0.167 e. The SMILES string of the molecule is O=C(Cc1ccc(Nc2ccc(CC(=O)c3ccc(-n4cnnc4)cc3)cc2)cc1)c1ccc(-n2cnnc2)cc1. The zero-order valence-electron chi connectivity index (χ0n) is 22.0. The van der Waals surface area contributed by atoms with E-state index < -0.39 is 0 Å². The monoisotopic (exact) mass is 539 g/mol. The van der Waals surface area contributed by atoms with Crippen molar-refractivity contribution in [3.63, 3.8) is 0 Å². The van der Waals surface area contributed by atoms with Crippen LogP contribution in [0.15, 0.2) is 122 Å². The van der Waals surface area contributed by atoms with Gasteiger partial charge in [-0.3, -0.25) is 18.7 Å². The Hall–Kier alpha value is -5.70. The van der Waals surface area contributed by atoms with Gasteiger partial charge in [-0.2, -0.15) is 0 Å². The summed E-state index contributed by atoms with van der Waals surface area (Å²) in [7, 11) is 0. The molecule has 1 N–H and O–H groups in total. The first kappa shape index (κ1) is 25.6. The molecule has 0 amide bonds. The molecule has 0 aliphatic rings. The Bertz CT molecular complexity index is 1610. The molecule has 0 atom stereocenters. The van der Waals surface area contributed by atoms with Crippen LogP contribution in [0.25, 0.3) is 11.4 Å². The van der Waals surface area contributed by atoms with E-state index in [1.165, 1.54) is 0 Å². The minimum atomic E-state index is 0.0533. The summed E-state index contributed by atoms with van der Waals surface area (Å²) in [5.74, 6) is 0.107. The molecule has 200 valence electrons.